The van der Waals surface area contributed by atoms with Crippen LogP contribution in [0.25, 0.3) is 22.0 Å². The van der Waals surface area contributed by atoms with Gasteiger partial charge in [0.05, 0.1) is 16.8 Å². The minimum atomic E-state index is -5.08. The van der Waals surface area contributed by atoms with Gasteiger partial charge in [-0.05, 0) is 91.1 Å². The summed E-state index contributed by atoms with van der Waals surface area (Å²) in [7, 11) is -3.22. The Kier molecular flexibility index (Phi) is 11.2. The smallest absolute Gasteiger partial charge is 0.475 e. The number of hydrogen-bond acceptors (Lipinski definition) is 5. The number of carbonyl (C=O) groups excluding carboxylic acids is 1. The summed E-state index contributed by atoms with van der Waals surface area (Å²) in [4.78, 5) is 24.5. The van der Waals surface area contributed by atoms with Crippen molar-refractivity contribution >= 4 is 32.8 Å². The summed E-state index contributed by atoms with van der Waals surface area (Å²) < 4.78 is 72.5. The van der Waals surface area contributed by atoms with Gasteiger partial charge < -0.3 is 21.1 Å². The van der Waals surface area contributed by atoms with Crippen molar-refractivity contribution in [1.82, 2.24) is 14.6 Å². The number of carboxylic acid groups (broad SMARTS) is 1. The molecule has 9 nitrogen and oxygen atoms in total. The molecular formula is C30H38F4N4O5S. The molecule has 2 heterocycles. The zero-order valence-corrected chi connectivity index (χ0v) is 25.8. The van der Waals surface area contributed by atoms with E-state index < -0.39 is 28.1 Å². The lowest BCUT2D eigenvalue weighted by Gasteiger charge is -2.31. The molecule has 1 fully saturated rings. The number of benzene rings is 2. The monoisotopic (exact) mass is 642 g/mol. The normalized spacial score (nSPS) is 15.7. The van der Waals surface area contributed by atoms with Crippen LogP contribution in [-0.2, 0) is 21.4 Å². The molecule has 2 aromatic carbocycles. The van der Waals surface area contributed by atoms with Crippen LogP contribution in [0.15, 0.2) is 36.5 Å². The number of primary amides is 1. The number of H-pyrrole nitrogens is 1. The fourth-order valence-electron chi connectivity index (χ4n) is 5.01. The van der Waals surface area contributed by atoms with Gasteiger partial charge >= 0.3 is 12.1 Å². The molecule has 1 atom stereocenters. The number of halogens is 4. The Morgan fingerprint density at radius 3 is 2.20 bits per heavy atom. The first-order chi connectivity index (χ1) is 20.4. The third-order valence-corrected chi connectivity index (χ3v) is 9.78. The van der Waals surface area contributed by atoms with E-state index in [1.165, 1.54) is 12.1 Å². The average Bonchev–Trinajstić information content (AvgIpc) is 3.39. The molecule has 0 bridgehead atoms. The number of piperidine rings is 1. The standard InChI is InChI=1S/C28H37FN4O3S.C2HF3O2/c1-5-37(35,36)33-8-6-20(7-9-33)26-16-32-27-24(26)13-22(14-25(27)28(30)34)21-10-19(11-23(29)12-21)15-31-18(4)17(2)3;3-2(4,5)1(6)7/h10-14,16-18,20,31-32H,5-9,15H2,1-4H3,(H2,30,34);(H,6,7)/t18-;/m1./s1. The Hall–Kier alpha value is -3.49. The highest BCUT2D eigenvalue weighted by Gasteiger charge is 2.38. The molecule has 1 aliphatic heterocycles. The molecule has 0 unspecified atom stereocenters. The number of nitrogens with two attached hydrogens (primary N) is 1. The number of rotatable bonds is 9. The fraction of sp³-hybridized carbons (Fsp3) is 0.467. The SMILES string of the molecule is CCS(=O)(=O)N1CCC(c2c[nH]c3c(C(N)=O)cc(-c4cc(F)cc(CN[C@H](C)C(C)C)c4)cc23)CC1.O=C(O)C(F)(F)F. The maximum absolute atomic E-state index is 14.7. The van der Waals surface area contributed by atoms with Crippen molar-refractivity contribution in [3.8, 4) is 11.1 Å². The van der Waals surface area contributed by atoms with Crippen molar-refractivity contribution < 1.29 is 40.7 Å². The fourth-order valence-corrected chi connectivity index (χ4v) is 6.15. The highest BCUT2D eigenvalue weighted by atomic mass is 32.2. The van der Waals surface area contributed by atoms with Gasteiger partial charge in [-0.1, -0.05) is 13.8 Å². The summed E-state index contributed by atoms with van der Waals surface area (Å²) in [6, 6.07) is 8.91. The number of nitrogens with zero attached hydrogens (tertiary/aromatic N) is 1. The van der Waals surface area contributed by atoms with E-state index in [9.17, 15) is 30.8 Å². The summed E-state index contributed by atoms with van der Waals surface area (Å²) in [6.07, 6.45) is -1.82. The Morgan fingerprint density at radius 1 is 1.09 bits per heavy atom. The Balaban J connectivity index is 0.000000676. The van der Waals surface area contributed by atoms with E-state index in [-0.39, 0.29) is 23.5 Å². The van der Waals surface area contributed by atoms with Crippen LogP contribution in [0.3, 0.4) is 0 Å². The number of aromatic nitrogens is 1. The number of nitrogens with one attached hydrogen (secondary N) is 2. The van der Waals surface area contributed by atoms with Gasteiger partial charge in [0.2, 0.25) is 10.0 Å². The number of alkyl halides is 3. The van der Waals surface area contributed by atoms with Crippen molar-refractivity contribution in [2.24, 2.45) is 11.7 Å². The molecule has 3 aromatic rings. The minimum absolute atomic E-state index is 0.0949. The number of aromatic amines is 1. The van der Waals surface area contributed by atoms with Crippen LogP contribution in [0.2, 0.25) is 0 Å². The summed E-state index contributed by atoms with van der Waals surface area (Å²) >= 11 is 0. The molecule has 242 valence electrons. The minimum Gasteiger partial charge on any atom is -0.475 e. The highest BCUT2D eigenvalue weighted by Crippen LogP contribution is 2.37. The second kappa shape index (κ2) is 14.1. The third kappa shape index (κ3) is 8.57. The lowest BCUT2D eigenvalue weighted by atomic mass is 9.88. The van der Waals surface area contributed by atoms with Gasteiger partial charge in [-0.15, -0.1) is 0 Å². The van der Waals surface area contributed by atoms with Crippen molar-refractivity contribution in [2.45, 2.75) is 65.2 Å². The van der Waals surface area contributed by atoms with Gasteiger partial charge in [-0.3, -0.25) is 4.79 Å². The molecule has 0 spiro atoms. The van der Waals surface area contributed by atoms with E-state index >= 15 is 0 Å². The molecule has 0 aliphatic carbocycles. The van der Waals surface area contributed by atoms with E-state index in [2.05, 4.69) is 31.1 Å². The van der Waals surface area contributed by atoms with E-state index in [1.807, 2.05) is 18.3 Å². The number of fused-ring (bicyclic) bond motifs is 1. The molecule has 4 rings (SSSR count). The molecule has 0 radical (unpaired) electrons. The molecule has 0 saturated carbocycles. The molecule has 14 heteroatoms. The van der Waals surface area contributed by atoms with Crippen molar-refractivity contribution in [1.29, 1.82) is 0 Å². The van der Waals surface area contributed by atoms with Crippen molar-refractivity contribution in [2.75, 3.05) is 18.8 Å². The topological polar surface area (TPSA) is 146 Å². The van der Waals surface area contributed by atoms with Crippen LogP contribution in [0.1, 0.15) is 67.9 Å². The van der Waals surface area contributed by atoms with Crippen LogP contribution < -0.4 is 11.1 Å². The number of aliphatic carboxylic acids is 1. The predicted molar refractivity (Wildman–Crippen MR) is 160 cm³/mol. The van der Waals surface area contributed by atoms with E-state index in [0.29, 0.717) is 60.6 Å². The molecule has 1 saturated heterocycles. The van der Waals surface area contributed by atoms with Gasteiger partial charge in [0, 0.05) is 37.3 Å². The van der Waals surface area contributed by atoms with Crippen LogP contribution in [0.5, 0.6) is 0 Å². The maximum Gasteiger partial charge on any atom is 0.490 e. The number of carboxylic acids is 1. The Morgan fingerprint density at radius 2 is 1.68 bits per heavy atom. The molecule has 44 heavy (non-hydrogen) atoms. The molecule has 1 aromatic heterocycles. The van der Waals surface area contributed by atoms with Gasteiger partial charge in [-0.2, -0.15) is 13.2 Å². The first kappa shape index (κ1) is 35.0. The lowest BCUT2D eigenvalue weighted by Crippen LogP contribution is -2.38. The van der Waals surface area contributed by atoms with Gasteiger partial charge in [-0.25, -0.2) is 21.9 Å². The second-order valence-corrected chi connectivity index (χ2v) is 13.5. The van der Waals surface area contributed by atoms with Crippen LogP contribution in [0.4, 0.5) is 17.6 Å². The largest absolute Gasteiger partial charge is 0.490 e. The third-order valence-electron chi connectivity index (χ3n) is 7.90. The van der Waals surface area contributed by atoms with Crippen LogP contribution in [0, 0.1) is 11.7 Å². The average molecular weight is 643 g/mol. The molecule has 1 amide bonds. The Bertz CT molecular complexity index is 1600. The summed E-state index contributed by atoms with van der Waals surface area (Å²) in [5.74, 6) is -2.98. The number of carbonyl (C=O) groups is 2. The predicted octanol–water partition coefficient (Wildman–Crippen LogP) is 5.37. The van der Waals surface area contributed by atoms with Gasteiger partial charge in [0.25, 0.3) is 5.91 Å². The van der Waals surface area contributed by atoms with Crippen molar-refractivity contribution in [3.63, 3.8) is 0 Å². The number of hydrogen-bond donors (Lipinski definition) is 4. The zero-order valence-electron chi connectivity index (χ0n) is 25.0. The Labute approximate surface area is 253 Å². The van der Waals surface area contributed by atoms with Gasteiger partial charge in [0.15, 0.2) is 0 Å². The van der Waals surface area contributed by atoms with Crippen LogP contribution >= 0.6 is 0 Å². The first-order valence-corrected chi connectivity index (χ1v) is 15.8. The number of amides is 1. The zero-order chi connectivity index (χ0) is 33.0. The van der Waals surface area contributed by atoms with E-state index in [4.69, 9.17) is 15.6 Å². The van der Waals surface area contributed by atoms with E-state index in [1.54, 1.807) is 17.3 Å². The van der Waals surface area contributed by atoms with Crippen molar-refractivity contribution in [3.05, 3.63) is 59.0 Å². The summed E-state index contributed by atoms with van der Waals surface area (Å²) in [5.41, 5.74) is 9.98. The van der Waals surface area contributed by atoms with Gasteiger partial charge in [0.1, 0.15) is 5.82 Å². The molecular weight excluding hydrogens is 604 g/mol. The second-order valence-electron chi connectivity index (χ2n) is 11.2. The molecule has 1 aliphatic rings. The van der Waals surface area contributed by atoms with E-state index in [0.717, 1.165) is 16.5 Å². The van der Waals surface area contributed by atoms with Crippen LogP contribution in [-0.4, -0.2) is 65.8 Å². The highest BCUT2D eigenvalue weighted by molar-refractivity contribution is 7.89. The maximum atomic E-state index is 14.7. The molecule has 5 N–H and O–H groups in total. The summed E-state index contributed by atoms with van der Waals surface area (Å²) in [5, 5.41) is 11.4. The summed E-state index contributed by atoms with van der Waals surface area (Å²) in [6.45, 7) is 9.49. The lowest BCUT2D eigenvalue weighted by molar-refractivity contribution is -0.192. The number of sulfonamides is 1. The first-order valence-electron chi connectivity index (χ1n) is 14.2. The quantitative estimate of drug-likeness (QED) is 0.231.